The van der Waals surface area contributed by atoms with Gasteiger partial charge in [-0.2, -0.15) is 18.2 Å². The summed E-state index contributed by atoms with van der Waals surface area (Å²) in [6.07, 6.45) is -1.15. The molecule has 2 aliphatic rings. The summed E-state index contributed by atoms with van der Waals surface area (Å²) in [6, 6.07) is 7.74. The molecule has 0 saturated carbocycles. The molecule has 0 unspecified atom stereocenters. The summed E-state index contributed by atoms with van der Waals surface area (Å²) in [5.41, 5.74) is 0.116. The van der Waals surface area contributed by atoms with Crippen molar-refractivity contribution in [1.29, 1.82) is 0 Å². The third-order valence-corrected chi connectivity index (χ3v) is 7.04. The topological polar surface area (TPSA) is 48.4 Å². The van der Waals surface area contributed by atoms with Gasteiger partial charge in [-0.05, 0) is 57.0 Å². The molecule has 2 atom stereocenters. The normalized spacial score (nSPS) is 20.6. The molecule has 0 spiro atoms. The van der Waals surface area contributed by atoms with E-state index in [1.165, 1.54) is 18.3 Å². The fourth-order valence-corrected chi connectivity index (χ4v) is 5.09. The average molecular weight is 519 g/mol. The van der Waals surface area contributed by atoms with Crippen LogP contribution in [0.2, 0.25) is 0 Å². The Bertz CT molecular complexity index is 1280. The third kappa shape index (κ3) is 5.03. The van der Waals surface area contributed by atoms with Crippen LogP contribution < -0.4 is 14.7 Å². The highest BCUT2D eigenvalue weighted by Crippen LogP contribution is 2.36. The lowest BCUT2D eigenvalue weighted by Crippen LogP contribution is -2.53. The van der Waals surface area contributed by atoms with Crippen molar-refractivity contribution in [2.45, 2.75) is 44.9 Å². The van der Waals surface area contributed by atoms with Gasteiger partial charge in [-0.1, -0.05) is 0 Å². The predicted octanol–water partition coefficient (Wildman–Crippen LogP) is 5.54. The number of benzene rings is 1. The first-order chi connectivity index (χ1) is 17.6. The molecule has 2 fully saturated rings. The quantitative estimate of drug-likeness (QED) is 0.423. The molecule has 2 aromatic heterocycles. The van der Waals surface area contributed by atoms with Crippen molar-refractivity contribution >= 4 is 17.6 Å². The molecule has 1 aromatic carbocycles. The molecule has 4 heterocycles. The van der Waals surface area contributed by atoms with E-state index in [1.807, 2.05) is 11.8 Å². The van der Waals surface area contributed by atoms with Gasteiger partial charge < -0.3 is 14.7 Å². The van der Waals surface area contributed by atoms with Crippen molar-refractivity contribution in [2.75, 3.05) is 40.9 Å². The zero-order valence-electron chi connectivity index (χ0n) is 20.5. The summed E-state index contributed by atoms with van der Waals surface area (Å²) in [6.45, 7) is 5.81. The monoisotopic (exact) mass is 518 g/mol. The molecule has 3 aromatic rings. The number of halogens is 5. The van der Waals surface area contributed by atoms with Crippen LogP contribution >= 0.6 is 0 Å². The zero-order chi connectivity index (χ0) is 26.3. The Morgan fingerprint density at radius 2 is 1.70 bits per heavy atom. The molecule has 196 valence electrons. The molecular formula is C26H27F5N6. The van der Waals surface area contributed by atoms with Crippen LogP contribution in [0.4, 0.5) is 39.5 Å². The maximum absolute atomic E-state index is 14.0. The fraction of sp³-hybridized carbons (Fsp3) is 0.423. The Labute approximate surface area is 211 Å². The first kappa shape index (κ1) is 25.2. The molecule has 2 saturated heterocycles. The number of pyridine rings is 1. The van der Waals surface area contributed by atoms with Crippen molar-refractivity contribution < 1.29 is 22.0 Å². The summed E-state index contributed by atoms with van der Waals surface area (Å²) in [7, 11) is 0. The number of rotatable bonds is 4. The van der Waals surface area contributed by atoms with Crippen LogP contribution in [0.5, 0.6) is 0 Å². The second kappa shape index (κ2) is 9.75. The van der Waals surface area contributed by atoms with E-state index in [4.69, 9.17) is 4.98 Å². The summed E-state index contributed by atoms with van der Waals surface area (Å²) in [5.74, 6) is -0.900. The highest BCUT2D eigenvalue weighted by molar-refractivity contribution is 5.66. The van der Waals surface area contributed by atoms with Crippen LogP contribution in [0, 0.1) is 11.6 Å². The van der Waals surface area contributed by atoms with Gasteiger partial charge in [0.2, 0.25) is 5.95 Å². The van der Waals surface area contributed by atoms with Crippen LogP contribution in [-0.4, -0.2) is 53.2 Å². The minimum atomic E-state index is -4.50. The lowest BCUT2D eigenvalue weighted by Gasteiger charge is -2.42. The highest BCUT2D eigenvalue weighted by atomic mass is 19.4. The SMILES string of the molecule is C[C@@H]1CN(c2ncccc2C(F)(F)F)CCN1c1cc(-c2ccc(F)c(F)c2)nc(N2CCC[C@H]2C)n1. The second-order valence-corrected chi connectivity index (χ2v) is 9.59. The van der Waals surface area contributed by atoms with E-state index >= 15 is 0 Å². The Balaban J connectivity index is 1.48. The molecular weight excluding hydrogens is 491 g/mol. The van der Waals surface area contributed by atoms with Crippen molar-refractivity contribution in [3.8, 4) is 11.3 Å². The van der Waals surface area contributed by atoms with Gasteiger partial charge in [0.05, 0.1) is 11.3 Å². The van der Waals surface area contributed by atoms with Gasteiger partial charge in [0, 0.05) is 56.1 Å². The van der Waals surface area contributed by atoms with Gasteiger partial charge >= 0.3 is 6.18 Å². The molecule has 2 aliphatic heterocycles. The van der Waals surface area contributed by atoms with E-state index in [1.54, 1.807) is 11.0 Å². The van der Waals surface area contributed by atoms with E-state index in [0.717, 1.165) is 37.6 Å². The predicted molar refractivity (Wildman–Crippen MR) is 132 cm³/mol. The summed E-state index contributed by atoms with van der Waals surface area (Å²) >= 11 is 0. The molecule has 5 rings (SSSR count). The van der Waals surface area contributed by atoms with Gasteiger partial charge in [0.15, 0.2) is 11.6 Å². The number of alkyl halides is 3. The lowest BCUT2D eigenvalue weighted by atomic mass is 10.1. The molecule has 6 nitrogen and oxygen atoms in total. The number of nitrogens with zero attached hydrogens (tertiary/aromatic N) is 6. The number of piperazine rings is 1. The third-order valence-electron chi connectivity index (χ3n) is 7.04. The largest absolute Gasteiger partial charge is 0.419 e. The maximum Gasteiger partial charge on any atom is 0.419 e. The van der Waals surface area contributed by atoms with E-state index in [2.05, 4.69) is 21.8 Å². The number of aromatic nitrogens is 3. The van der Waals surface area contributed by atoms with Gasteiger partial charge in [-0.25, -0.2) is 18.7 Å². The lowest BCUT2D eigenvalue weighted by molar-refractivity contribution is -0.137. The number of hydrogen-bond donors (Lipinski definition) is 0. The van der Waals surface area contributed by atoms with Crippen LogP contribution in [0.1, 0.15) is 32.3 Å². The first-order valence-corrected chi connectivity index (χ1v) is 12.3. The highest BCUT2D eigenvalue weighted by Gasteiger charge is 2.37. The van der Waals surface area contributed by atoms with E-state index in [-0.39, 0.29) is 17.9 Å². The first-order valence-electron chi connectivity index (χ1n) is 12.3. The standard InChI is InChI=1S/C26H27F5N6/c1-16-5-4-10-37(16)25-33-22(18-7-8-20(27)21(28)13-18)14-23(34-25)36-12-11-35(15-17(36)2)24-19(26(29,30)31)6-3-9-32-24/h3,6-9,13-14,16-17H,4-5,10-12,15H2,1-2H3/t16-,17-/m1/s1. The zero-order valence-corrected chi connectivity index (χ0v) is 20.5. The number of hydrogen-bond acceptors (Lipinski definition) is 6. The van der Waals surface area contributed by atoms with Gasteiger partial charge in [-0.3, -0.25) is 0 Å². The Morgan fingerprint density at radius 3 is 2.38 bits per heavy atom. The van der Waals surface area contributed by atoms with Crippen LogP contribution in [-0.2, 0) is 6.18 Å². The van der Waals surface area contributed by atoms with Crippen molar-refractivity contribution in [3.05, 3.63) is 59.8 Å². The summed E-state index contributed by atoms with van der Waals surface area (Å²) in [4.78, 5) is 19.3. The summed E-state index contributed by atoms with van der Waals surface area (Å²) < 4.78 is 68.4. The van der Waals surface area contributed by atoms with Crippen LogP contribution in [0.15, 0.2) is 42.6 Å². The number of anilines is 3. The maximum atomic E-state index is 14.0. The van der Waals surface area contributed by atoms with E-state index < -0.39 is 23.4 Å². The van der Waals surface area contributed by atoms with Crippen LogP contribution in [0.3, 0.4) is 0 Å². The Hall–Kier alpha value is -3.50. The Kier molecular flexibility index (Phi) is 6.63. The van der Waals surface area contributed by atoms with Gasteiger partial charge in [0.25, 0.3) is 0 Å². The molecule has 0 N–H and O–H groups in total. The van der Waals surface area contributed by atoms with Gasteiger partial charge in [0.1, 0.15) is 11.6 Å². The smallest absolute Gasteiger partial charge is 0.352 e. The van der Waals surface area contributed by atoms with E-state index in [9.17, 15) is 22.0 Å². The minimum Gasteiger partial charge on any atom is -0.352 e. The van der Waals surface area contributed by atoms with Crippen molar-refractivity contribution in [1.82, 2.24) is 15.0 Å². The summed E-state index contributed by atoms with van der Waals surface area (Å²) in [5, 5.41) is 0. The molecule has 11 heteroatoms. The fourth-order valence-electron chi connectivity index (χ4n) is 5.09. The Morgan fingerprint density at radius 1 is 0.892 bits per heavy atom. The second-order valence-electron chi connectivity index (χ2n) is 9.59. The molecule has 0 aliphatic carbocycles. The van der Waals surface area contributed by atoms with Crippen molar-refractivity contribution in [3.63, 3.8) is 0 Å². The molecule has 0 radical (unpaired) electrons. The van der Waals surface area contributed by atoms with Gasteiger partial charge in [-0.15, -0.1) is 0 Å². The molecule has 37 heavy (non-hydrogen) atoms. The van der Waals surface area contributed by atoms with E-state index in [0.29, 0.717) is 42.7 Å². The van der Waals surface area contributed by atoms with Crippen LogP contribution in [0.25, 0.3) is 11.3 Å². The minimum absolute atomic E-state index is 0.0850. The molecule has 0 amide bonds. The molecule has 0 bridgehead atoms. The average Bonchev–Trinajstić information content (AvgIpc) is 3.30. The van der Waals surface area contributed by atoms with Crippen molar-refractivity contribution in [2.24, 2.45) is 0 Å².